The van der Waals surface area contributed by atoms with Crippen molar-refractivity contribution in [2.75, 3.05) is 18.1 Å². The van der Waals surface area contributed by atoms with Crippen LogP contribution in [0.2, 0.25) is 0 Å². The molecule has 1 fully saturated rings. The molecule has 0 unspecified atom stereocenters. The first-order valence-electron chi connectivity index (χ1n) is 6.84. The molecule has 3 heterocycles. The van der Waals surface area contributed by atoms with Gasteiger partial charge < -0.3 is 36.2 Å². The molecule has 2 aromatic rings. The lowest BCUT2D eigenvalue weighted by Crippen LogP contribution is -2.35. The van der Waals surface area contributed by atoms with E-state index in [-0.39, 0.29) is 23.1 Å². The Kier molecular flexibility index (Phi) is 4.28. The third-order valence-corrected chi connectivity index (χ3v) is 4.12. The number of aliphatic hydroxyl groups excluding tert-OH is 2. The summed E-state index contributed by atoms with van der Waals surface area (Å²) in [7, 11) is -5.03. The van der Waals surface area contributed by atoms with Crippen molar-refractivity contribution in [1.82, 2.24) is 19.5 Å². The normalized spacial score (nSPS) is 27.2. The zero-order chi connectivity index (χ0) is 18.5. The predicted molar refractivity (Wildman–Crippen MR) is 80.9 cm³/mol. The largest absolute Gasteiger partial charge is 0.470 e. The first-order chi connectivity index (χ1) is 11.6. The number of aromatic nitrogens is 4. The molecule has 1 aliphatic rings. The number of rotatable bonds is 4. The van der Waals surface area contributed by atoms with Crippen LogP contribution in [0.25, 0.3) is 11.2 Å². The van der Waals surface area contributed by atoms with Crippen LogP contribution in [0.1, 0.15) is 6.23 Å². The maximum atomic E-state index is 11.9. The minimum atomic E-state index is -5.03. The molecule has 0 bridgehead atoms. The fraction of sp³-hybridized carbons (Fsp3) is 0.500. The van der Waals surface area contributed by atoms with Crippen LogP contribution in [-0.4, -0.2) is 64.4 Å². The number of nitrogens with zero attached hydrogens (tertiary/aromatic N) is 3. The Morgan fingerprint density at radius 2 is 2.04 bits per heavy atom. The topological polar surface area (TPSA) is 232 Å². The van der Waals surface area contributed by atoms with Crippen molar-refractivity contribution >= 4 is 30.9 Å². The van der Waals surface area contributed by atoms with Gasteiger partial charge in [-0.05, 0) is 0 Å². The number of anilines is 2. The molecule has 1 aliphatic heterocycles. The molecule has 14 nitrogen and oxygen atoms in total. The van der Waals surface area contributed by atoms with E-state index in [4.69, 9.17) is 26.0 Å². The second kappa shape index (κ2) is 6.03. The zero-order valence-electron chi connectivity index (χ0n) is 12.4. The molecular weight excluding hydrogens is 363 g/mol. The molecule has 138 valence electrons. The number of imidazole rings is 1. The fourth-order valence-electron chi connectivity index (χ4n) is 2.62. The van der Waals surface area contributed by atoms with E-state index in [1.165, 1.54) is 0 Å². The van der Waals surface area contributed by atoms with Crippen LogP contribution in [0.5, 0.6) is 0 Å². The third-order valence-electron chi connectivity index (χ3n) is 3.60. The Morgan fingerprint density at radius 1 is 1.36 bits per heavy atom. The third kappa shape index (κ3) is 3.11. The molecule has 25 heavy (non-hydrogen) atoms. The molecule has 15 heteroatoms. The van der Waals surface area contributed by atoms with Gasteiger partial charge in [0.2, 0.25) is 11.9 Å². The summed E-state index contributed by atoms with van der Waals surface area (Å²) in [5.74, 6) is -0.558. The van der Waals surface area contributed by atoms with Gasteiger partial charge in [-0.25, -0.2) is 9.55 Å². The molecule has 9 N–H and O–H groups in total. The van der Waals surface area contributed by atoms with Crippen LogP contribution in [0.15, 0.2) is 4.79 Å². The van der Waals surface area contributed by atoms with E-state index in [1.807, 2.05) is 0 Å². The van der Waals surface area contributed by atoms with Gasteiger partial charge in [-0.2, -0.15) is 4.98 Å². The van der Waals surface area contributed by atoms with Crippen LogP contribution < -0.4 is 17.0 Å². The van der Waals surface area contributed by atoms with Gasteiger partial charge in [0.05, 0.1) is 6.61 Å². The van der Waals surface area contributed by atoms with Gasteiger partial charge >= 0.3 is 7.82 Å². The van der Waals surface area contributed by atoms with E-state index >= 15 is 0 Å². The number of phosphoric acid groups is 1. The highest BCUT2D eigenvalue weighted by atomic mass is 31.2. The lowest BCUT2D eigenvalue weighted by atomic mass is 10.1. The van der Waals surface area contributed by atoms with Crippen molar-refractivity contribution in [3.63, 3.8) is 0 Å². The van der Waals surface area contributed by atoms with E-state index in [0.29, 0.717) is 0 Å². The summed E-state index contributed by atoms with van der Waals surface area (Å²) in [6.45, 7) is -0.665. The number of nitrogens with two attached hydrogens (primary N) is 2. The molecule has 3 rings (SSSR count). The van der Waals surface area contributed by atoms with Gasteiger partial charge in [-0.1, -0.05) is 0 Å². The van der Waals surface area contributed by atoms with E-state index in [9.17, 15) is 19.6 Å². The van der Waals surface area contributed by atoms with Crippen molar-refractivity contribution in [2.45, 2.75) is 24.5 Å². The molecule has 0 spiro atoms. The fourth-order valence-corrected chi connectivity index (χ4v) is 3.16. The highest BCUT2D eigenvalue weighted by molar-refractivity contribution is 7.46. The van der Waals surface area contributed by atoms with Gasteiger partial charge in [0.25, 0.3) is 5.56 Å². The summed E-state index contributed by atoms with van der Waals surface area (Å²) in [5.41, 5.74) is 10.2. The second-order valence-corrected chi connectivity index (χ2v) is 6.45. The van der Waals surface area contributed by atoms with Crippen molar-refractivity contribution in [3.05, 3.63) is 10.4 Å². The summed E-state index contributed by atoms with van der Waals surface area (Å²) >= 11 is 0. The van der Waals surface area contributed by atoms with Gasteiger partial charge in [0.15, 0.2) is 17.4 Å². The predicted octanol–water partition coefficient (Wildman–Crippen LogP) is -2.99. The SMILES string of the molecule is Nc1nc2c(nc(N)n2[C@@H]2O[C@H](CO)[C@@H](O)[C@H]2OP(=O)(O)O)c(=O)[nH]1. The Hall–Kier alpha value is -2.06. The second-order valence-electron chi connectivity index (χ2n) is 5.26. The van der Waals surface area contributed by atoms with Gasteiger partial charge in [0.1, 0.15) is 18.3 Å². The van der Waals surface area contributed by atoms with Crippen LogP contribution >= 0.6 is 7.82 Å². The number of fused-ring (bicyclic) bond motifs is 1. The standard InChI is InChI=1S/C10H15N6O8P/c11-9-14-6-3(7(19)15-9)13-10(12)16(6)8-5(24-25(20,21)22)4(18)2(1-17)23-8/h2,4-5,8,17-18H,1H2,(H2,12,13)(H2,20,21,22)(H3,11,14,15,19)/t2-,4-,5-,8-/m1/s1. The number of phosphoric ester groups is 1. The summed E-state index contributed by atoms with van der Waals surface area (Å²) in [6, 6.07) is 0. The molecular formula is C10H15N6O8P. The number of aromatic amines is 1. The van der Waals surface area contributed by atoms with Gasteiger partial charge in [0, 0.05) is 0 Å². The minimum Gasteiger partial charge on any atom is -0.394 e. The van der Waals surface area contributed by atoms with Crippen molar-refractivity contribution in [2.24, 2.45) is 0 Å². The molecule has 1 saturated heterocycles. The van der Waals surface area contributed by atoms with Crippen molar-refractivity contribution < 1.29 is 33.8 Å². The van der Waals surface area contributed by atoms with Crippen LogP contribution in [0.3, 0.4) is 0 Å². The molecule has 0 saturated carbocycles. The quantitative estimate of drug-likeness (QED) is 0.264. The summed E-state index contributed by atoms with van der Waals surface area (Å²) in [5, 5.41) is 19.4. The molecule has 2 aromatic heterocycles. The summed E-state index contributed by atoms with van der Waals surface area (Å²) in [4.78, 5) is 39.9. The monoisotopic (exact) mass is 378 g/mol. The Balaban J connectivity index is 2.16. The number of hydrogen-bond donors (Lipinski definition) is 7. The maximum absolute atomic E-state index is 11.9. The van der Waals surface area contributed by atoms with Crippen molar-refractivity contribution in [1.29, 1.82) is 0 Å². The average Bonchev–Trinajstić information content (AvgIpc) is 2.96. The smallest absolute Gasteiger partial charge is 0.394 e. The minimum absolute atomic E-state index is 0.145. The number of aliphatic hydroxyl groups is 2. The summed E-state index contributed by atoms with van der Waals surface area (Å²) < 4.78 is 22.1. The van der Waals surface area contributed by atoms with Crippen LogP contribution in [0, 0.1) is 0 Å². The first kappa shape index (κ1) is 17.8. The van der Waals surface area contributed by atoms with Crippen LogP contribution in [0.4, 0.5) is 11.9 Å². The zero-order valence-corrected chi connectivity index (χ0v) is 13.3. The number of H-pyrrole nitrogens is 1. The number of nitrogens with one attached hydrogen (secondary N) is 1. The van der Waals surface area contributed by atoms with E-state index in [0.717, 1.165) is 4.57 Å². The van der Waals surface area contributed by atoms with Crippen molar-refractivity contribution in [3.8, 4) is 0 Å². The maximum Gasteiger partial charge on any atom is 0.470 e. The Morgan fingerprint density at radius 3 is 2.64 bits per heavy atom. The van der Waals surface area contributed by atoms with E-state index < -0.39 is 44.5 Å². The highest BCUT2D eigenvalue weighted by Crippen LogP contribution is 2.45. The number of ether oxygens (including phenoxy) is 1. The van der Waals surface area contributed by atoms with Gasteiger partial charge in [-0.15, -0.1) is 0 Å². The molecule has 4 atom stereocenters. The summed E-state index contributed by atoms with van der Waals surface area (Å²) in [6.07, 6.45) is -5.88. The van der Waals surface area contributed by atoms with E-state index in [2.05, 4.69) is 19.5 Å². The lowest BCUT2D eigenvalue weighted by Gasteiger charge is -2.22. The first-order valence-corrected chi connectivity index (χ1v) is 8.37. The van der Waals surface area contributed by atoms with Crippen LogP contribution in [-0.2, 0) is 13.8 Å². The molecule has 0 amide bonds. The number of hydrogen-bond acceptors (Lipinski definition) is 10. The molecule has 0 aromatic carbocycles. The van der Waals surface area contributed by atoms with E-state index in [1.54, 1.807) is 0 Å². The number of nitrogen functional groups attached to an aromatic ring is 2. The molecule has 0 aliphatic carbocycles. The Bertz CT molecular complexity index is 907. The van der Waals surface area contributed by atoms with Gasteiger partial charge in [-0.3, -0.25) is 18.9 Å². The Labute approximate surface area is 138 Å². The average molecular weight is 378 g/mol. The molecule has 0 radical (unpaired) electrons. The lowest BCUT2D eigenvalue weighted by molar-refractivity contribution is -0.0495. The highest BCUT2D eigenvalue weighted by Gasteiger charge is 2.49.